The molecule has 1 saturated heterocycles. The molecule has 0 aromatic heterocycles. The summed E-state index contributed by atoms with van der Waals surface area (Å²) in [5.41, 5.74) is 2.02. The van der Waals surface area contributed by atoms with E-state index in [0.29, 0.717) is 42.5 Å². The number of hydrogen-bond donors (Lipinski definition) is 1. The summed E-state index contributed by atoms with van der Waals surface area (Å²) in [6, 6.07) is 13.3. The molecular weight excluding hydrogens is 338 g/mol. The lowest BCUT2D eigenvalue weighted by molar-refractivity contribution is -0.125. The summed E-state index contributed by atoms with van der Waals surface area (Å²) in [7, 11) is 1.60. The Morgan fingerprint density at radius 2 is 1.96 bits per heavy atom. The summed E-state index contributed by atoms with van der Waals surface area (Å²) < 4.78 is 10.9. The van der Waals surface area contributed by atoms with Gasteiger partial charge in [-0.25, -0.2) is 0 Å². The van der Waals surface area contributed by atoms with Crippen LogP contribution < -0.4 is 10.1 Å². The third kappa shape index (κ3) is 3.65. The maximum atomic E-state index is 13.3. The topological polar surface area (TPSA) is 47.6 Å². The lowest BCUT2D eigenvalue weighted by Gasteiger charge is -2.36. The number of benzene rings is 2. The van der Waals surface area contributed by atoms with E-state index in [1.807, 2.05) is 49.4 Å². The van der Waals surface area contributed by atoms with Crippen molar-refractivity contribution in [3.05, 3.63) is 58.6 Å². The molecule has 1 fully saturated rings. The van der Waals surface area contributed by atoms with Crippen molar-refractivity contribution in [3.8, 4) is 5.75 Å². The maximum Gasteiger partial charge on any atom is 0.235 e. The molecule has 0 saturated carbocycles. The zero-order valence-corrected chi connectivity index (χ0v) is 15.2. The molecule has 1 amide bonds. The summed E-state index contributed by atoms with van der Waals surface area (Å²) in [5.74, 6) is 0.599. The van der Waals surface area contributed by atoms with Crippen LogP contribution in [0, 0.1) is 6.92 Å². The standard InChI is InChI=1S/C20H22ClNO3/c1-14-6-7-17(18(12-14)24-2)22-19(23)20(8-10-25-11-9-20)15-4-3-5-16(21)13-15/h3-7,12-13H,8-11H2,1-2H3,(H,22,23). The number of anilines is 1. The highest BCUT2D eigenvalue weighted by atomic mass is 35.5. The number of aryl methyl sites for hydroxylation is 1. The van der Waals surface area contributed by atoms with Gasteiger partial charge in [-0.3, -0.25) is 4.79 Å². The number of hydrogen-bond acceptors (Lipinski definition) is 3. The average Bonchev–Trinajstić information content (AvgIpc) is 2.63. The number of ether oxygens (including phenoxy) is 2. The van der Waals surface area contributed by atoms with E-state index in [9.17, 15) is 4.79 Å². The predicted molar refractivity (Wildman–Crippen MR) is 99.5 cm³/mol. The van der Waals surface area contributed by atoms with Crippen LogP contribution in [0.2, 0.25) is 5.02 Å². The highest BCUT2D eigenvalue weighted by molar-refractivity contribution is 6.30. The molecule has 4 nitrogen and oxygen atoms in total. The Hall–Kier alpha value is -2.04. The first-order chi connectivity index (χ1) is 12.0. The second kappa shape index (κ2) is 7.46. The smallest absolute Gasteiger partial charge is 0.235 e. The molecule has 2 aromatic carbocycles. The molecule has 2 aromatic rings. The summed E-state index contributed by atoms with van der Waals surface area (Å²) in [6.07, 6.45) is 1.24. The van der Waals surface area contributed by atoms with Gasteiger partial charge in [0.15, 0.2) is 0 Å². The summed E-state index contributed by atoms with van der Waals surface area (Å²) in [6.45, 7) is 3.08. The van der Waals surface area contributed by atoms with Crippen molar-refractivity contribution in [3.63, 3.8) is 0 Å². The van der Waals surface area contributed by atoms with Crippen molar-refractivity contribution in [1.29, 1.82) is 0 Å². The predicted octanol–water partition coefficient (Wildman–Crippen LogP) is 4.34. The molecule has 3 rings (SSSR count). The Labute approximate surface area is 153 Å². The average molecular weight is 360 g/mol. The van der Waals surface area contributed by atoms with Crippen molar-refractivity contribution in [2.45, 2.75) is 25.2 Å². The van der Waals surface area contributed by atoms with Gasteiger partial charge in [0.2, 0.25) is 5.91 Å². The van der Waals surface area contributed by atoms with Crippen molar-refractivity contribution in [2.75, 3.05) is 25.6 Å². The van der Waals surface area contributed by atoms with E-state index >= 15 is 0 Å². The van der Waals surface area contributed by atoms with Crippen molar-refractivity contribution in [1.82, 2.24) is 0 Å². The number of amides is 1. The summed E-state index contributed by atoms with van der Waals surface area (Å²) >= 11 is 6.17. The first-order valence-electron chi connectivity index (χ1n) is 8.35. The van der Waals surface area contributed by atoms with Crippen LogP contribution in [0.4, 0.5) is 5.69 Å². The molecule has 1 N–H and O–H groups in total. The van der Waals surface area contributed by atoms with Crippen LogP contribution in [-0.2, 0) is 14.9 Å². The number of halogens is 1. The van der Waals surface area contributed by atoms with Gasteiger partial charge >= 0.3 is 0 Å². The Morgan fingerprint density at radius 1 is 1.20 bits per heavy atom. The van der Waals surface area contributed by atoms with Gasteiger partial charge in [0.1, 0.15) is 5.75 Å². The third-order valence-electron chi connectivity index (χ3n) is 4.76. The SMILES string of the molecule is COc1cc(C)ccc1NC(=O)C1(c2cccc(Cl)c2)CCOCC1. The molecule has 0 radical (unpaired) electrons. The van der Waals surface area contributed by atoms with Gasteiger partial charge in [-0.2, -0.15) is 0 Å². The van der Waals surface area contributed by atoms with Crippen LogP contribution in [0.5, 0.6) is 5.75 Å². The molecular formula is C20H22ClNO3. The van der Waals surface area contributed by atoms with Gasteiger partial charge in [0.25, 0.3) is 0 Å². The van der Waals surface area contributed by atoms with Crippen LogP contribution in [0.25, 0.3) is 0 Å². The largest absolute Gasteiger partial charge is 0.495 e. The van der Waals surface area contributed by atoms with Gasteiger partial charge in [0.05, 0.1) is 18.2 Å². The van der Waals surface area contributed by atoms with Crippen LogP contribution in [0.1, 0.15) is 24.0 Å². The number of methoxy groups -OCH3 is 1. The van der Waals surface area contributed by atoms with Crippen molar-refractivity contribution < 1.29 is 14.3 Å². The van der Waals surface area contributed by atoms with Crippen LogP contribution in [0.3, 0.4) is 0 Å². The Kier molecular flexibility index (Phi) is 5.30. The van der Waals surface area contributed by atoms with Gasteiger partial charge in [-0.15, -0.1) is 0 Å². The Balaban J connectivity index is 1.96. The molecule has 0 spiro atoms. The molecule has 25 heavy (non-hydrogen) atoms. The van der Waals surface area contributed by atoms with E-state index in [2.05, 4.69) is 5.32 Å². The van der Waals surface area contributed by atoms with Crippen LogP contribution >= 0.6 is 11.6 Å². The van der Waals surface area contributed by atoms with E-state index in [4.69, 9.17) is 21.1 Å². The minimum absolute atomic E-state index is 0.0554. The summed E-state index contributed by atoms with van der Waals surface area (Å²) in [5, 5.41) is 3.68. The lowest BCUT2D eigenvalue weighted by Crippen LogP contribution is -2.44. The minimum Gasteiger partial charge on any atom is -0.495 e. The van der Waals surface area contributed by atoms with Crippen LogP contribution in [0.15, 0.2) is 42.5 Å². The number of nitrogens with one attached hydrogen (secondary N) is 1. The molecule has 5 heteroatoms. The molecule has 1 heterocycles. The lowest BCUT2D eigenvalue weighted by atomic mass is 9.73. The molecule has 0 unspecified atom stereocenters. The quantitative estimate of drug-likeness (QED) is 0.883. The number of carbonyl (C=O) groups excluding carboxylic acids is 1. The highest BCUT2D eigenvalue weighted by Gasteiger charge is 2.42. The van der Waals surface area contributed by atoms with Gasteiger partial charge in [-0.1, -0.05) is 29.8 Å². The Bertz CT molecular complexity index is 769. The fourth-order valence-corrected chi connectivity index (χ4v) is 3.49. The zero-order chi connectivity index (χ0) is 17.9. The zero-order valence-electron chi connectivity index (χ0n) is 14.5. The number of carbonyl (C=O) groups is 1. The van der Waals surface area contributed by atoms with E-state index in [-0.39, 0.29) is 5.91 Å². The maximum absolute atomic E-state index is 13.3. The monoisotopic (exact) mass is 359 g/mol. The van der Waals surface area contributed by atoms with E-state index in [1.54, 1.807) is 7.11 Å². The second-order valence-corrected chi connectivity index (χ2v) is 6.80. The van der Waals surface area contributed by atoms with E-state index in [0.717, 1.165) is 11.1 Å². The molecule has 1 aliphatic rings. The molecule has 0 atom stereocenters. The second-order valence-electron chi connectivity index (χ2n) is 6.36. The first kappa shape index (κ1) is 17.8. The normalized spacial score (nSPS) is 16.3. The fraction of sp³-hybridized carbons (Fsp3) is 0.350. The summed E-state index contributed by atoms with van der Waals surface area (Å²) in [4.78, 5) is 13.3. The van der Waals surface area contributed by atoms with E-state index in [1.165, 1.54) is 0 Å². The van der Waals surface area contributed by atoms with Crippen LogP contribution in [-0.4, -0.2) is 26.2 Å². The molecule has 1 aliphatic heterocycles. The third-order valence-corrected chi connectivity index (χ3v) is 5.00. The highest BCUT2D eigenvalue weighted by Crippen LogP contribution is 2.38. The fourth-order valence-electron chi connectivity index (χ4n) is 3.30. The van der Waals surface area contributed by atoms with E-state index < -0.39 is 5.41 Å². The van der Waals surface area contributed by atoms with Gasteiger partial charge in [0, 0.05) is 18.2 Å². The first-order valence-corrected chi connectivity index (χ1v) is 8.73. The van der Waals surface area contributed by atoms with Gasteiger partial charge in [-0.05, 0) is 55.2 Å². The molecule has 0 aliphatic carbocycles. The van der Waals surface area contributed by atoms with Crippen molar-refractivity contribution >= 4 is 23.2 Å². The minimum atomic E-state index is -0.654. The number of rotatable bonds is 4. The molecule has 0 bridgehead atoms. The van der Waals surface area contributed by atoms with Crippen molar-refractivity contribution in [2.24, 2.45) is 0 Å². The van der Waals surface area contributed by atoms with Gasteiger partial charge < -0.3 is 14.8 Å². The molecule has 132 valence electrons. The Morgan fingerprint density at radius 3 is 2.64 bits per heavy atom.